The number of rotatable bonds is 5. The molecule has 2 heterocycles. The second-order valence-corrected chi connectivity index (χ2v) is 7.91. The third-order valence-electron chi connectivity index (χ3n) is 4.76. The maximum absolute atomic E-state index is 5.41. The zero-order valence-corrected chi connectivity index (χ0v) is 17.1. The highest BCUT2D eigenvalue weighted by molar-refractivity contribution is 7.19. The molecule has 148 valence electrons. The van der Waals surface area contributed by atoms with E-state index in [1.54, 1.807) is 17.6 Å². The number of hydrazone groups is 1. The van der Waals surface area contributed by atoms with Gasteiger partial charge in [-0.05, 0) is 36.2 Å². The maximum Gasteiger partial charge on any atom is 0.231 e. The number of aryl methyl sites for hydroxylation is 1. The van der Waals surface area contributed by atoms with Gasteiger partial charge in [0.25, 0.3) is 0 Å². The molecule has 5 nitrogen and oxygen atoms in total. The van der Waals surface area contributed by atoms with Crippen LogP contribution in [-0.2, 0) is 0 Å². The highest BCUT2D eigenvalue weighted by atomic mass is 32.1. The molecule has 1 N–H and O–H groups in total. The minimum Gasteiger partial charge on any atom is -0.454 e. The SMILES string of the molecule is Cc1ccc(-c2nc(N/N=C\c3ccc4c(c3)OCO4)sc2-c2ccccc2)cc1. The van der Waals surface area contributed by atoms with Crippen molar-refractivity contribution < 1.29 is 9.47 Å². The standard InChI is InChI=1S/C24H19N3O2S/c1-16-7-10-18(11-8-16)22-23(19-5-3-2-4-6-19)30-24(26-22)27-25-14-17-9-12-20-21(13-17)29-15-28-20/h2-14H,15H2,1H3,(H,26,27)/b25-14-. The molecule has 0 bridgehead atoms. The first-order valence-corrected chi connectivity index (χ1v) is 10.4. The van der Waals surface area contributed by atoms with E-state index in [1.807, 2.05) is 36.4 Å². The van der Waals surface area contributed by atoms with Crippen LogP contribution in [-0.4, -0.2) is 18.0 Å². The predicted octanol–water partition coefficient (Wildman–Crippen LogP) is 5.96. The zero-order chi connectivity index (χ0) is 20.3. The van der Waals surface area contributed by atoms with Gasteiger partial charge in [-0.3, -0.25) is 5.43 Å². The van der Waals surface area contributed by atoms with Crippen LogP contribution in [0.2, 0.25) is 0 Å². The fourth-order valence-corrected chi connectivity index (χ4v) is 4.16. The second-order valence-electron chi connectivity index (χ2n) is 6.91. The van der Waals surface area contributed by atoms with Gasteiger partial charge in [0, 0.05) is 5.56 Å². The summed E-state index contributed by atoms with van der Waals surface area (Å²) in [6.45, 7) is 2.35. The van der Waals surface area contributed by atoms with Crippen molar-refractivity contribution in [3.63, 3.8) is 0 Å². The van der Waals surface area contributed by atoms with E-state index in [9.17, 15) is 0 Å². The molecule has 6 heteroatoms. The Labute approximate surface area is 178 Å². The van der Waals surface area contributed by atoms with Gasteiger partial charge in [-0.1, -0.05) is 71.5 Å². The smallest absolute Gasteiger partial charge is 0.231 e. The summed E-state index contributed by atoms with van der Waals surface area (Å²) in [5.41, 5.74) is 8.40. The molecular weight excluding hydrogens is 394 g/mol. The monoisotopic (exact) mass is 413 g/mol. The lowest BCUT2D eigenvalue weighted by Crippen LogP contribution is -1.93. The van der Waals surface area contributed by atoms with E-state index in [0.717, 1.165) is 43.9 Å². The summed E-state index contributed by atoms with van der Waals surface area (Å²) in [4.78, 5) is 5.94. The number of benzene rings is 3. The molecule has 0 atom stereocenters. The number of ether oxygens (including phenoxy) is 2. The molecule has 1 aliphatic rings. The van der Waals surface area contributed by atoms with E-state index >= 15 is 0 Å². The van der Waals surface area contributed by atoms with E-state index in [-0.39, 0.29) is 6.79 Å². The third-order valence-corrected chi connectivity index (χ3v) is 5.77. The second kappa shape index (κ2) is 8.00. The van der Waals surface area contributed by atoms with E-state index < -0.39 is 0 Å². The van der Waals surface area contributed by atoms with Crippen molar-refractivity contribution in [1.29, 1.82) is 0 Å². The largest absolute Gasteiger partial charge is 0.454 e. The predicted molar refractivity (Wildman–Crippen MR) is 122 cm³/mol. The number of hydrogen-bond acceptors (Lipinski definition) is 6. The first-order valence-electron chi connectivity index (χ1n) is 9.58. The molecule has 0 radical (unpaired) electrons. The van der Waals surface area contributed by atoms with E-state index in [0.29, 0.717) is 0 Å². The van der Waals surface area contributed by atoms with Gasteiger partial charge >= 0.3 is 0 Å². The van der Waals surface area contributed by atoms with Crippen molar-refractivity contribution >= 4 is 22.7 Å². The van der Waals surface area contributed by atoms with Gasteiger partial charge in [-0.15, -0.1) is 0 Å². The van der Waals surface area contributed by atoms with Gasteiger partial charge in [0.2, 0.25) is 11.9 Å². The van der Waals surface area contributed by atoms with Gasteiger partial charge < -0.3 is 9.47 Å². The normalized spacial score (nSPS) is 12.4. The van der Waals surface area contributed by atoms with Crippen molar-refractivity contribution in [2.75, 3.05) is 12.2 Å². The number of anilines is 1. The van der Waals surface area contributed by atoms with Crippen molar-refractivity contribution in [3.8, 4) is 33.2 Å². The topological polar surface area (TPSA) is 55.7 Å². The van der Waals surface area contributed by atoms with Gasteiger partial charge in [0.15, 0.2) is 11.5 Å². The Bertz CT molecular complexity index is 1200. The van der Waals surface area contributed by atoms with Crippen LogP contribution in [0, 0.1) is 6.92 Å². The molecule has 0 fully saturated rings. The summed E-state index contributed by atoms with van der Waals surface area (Å²) in [5.74, 6) is 1.50. The lowest BCUT2D eigenvalue weighted by atomic mass is 10.1. The highest BCUT2D eigenvalue weighted by Crippen LogP contribution is 2.39. The molecule has 0 amide bonds. The van der Waals surface area contributed by atoms with E-state index in [2.05, 4.69) is 53.8 Å². The number of nitrogens with zero attached hydrogens (tertiary/aromatic N) is 2. The Hall–Kier alpha value is -3.64. The van der Waals surface area contributed by atoms with E-state index in [1.165, 1.54) is 5.56 Å². The lowest BCUT2D eigenvalue weighted by molar-refractivity contribution is 0.174. The number of aromatic nitrogens is 1. The molecule has 3 aromatic carbocycles. The van der Waals surface area contributed by atoms with Crippen LogP contribution in [0.3, 0.4) is 0 Å². The Kier molecular flexibility index (Phi) is 4.91. The van der Waals surface area contributed by atoms with Crippen LogP contribution in [0.4, 0.5) is 5.13 Å². The summed E-state index contributed by atoms with van der Waals surface area (Å²) in [6.07, 6.45) is 1.75. The summed E-state index contributed by atoms with van der Waals surface area (Å²) in [5, 5.41) is 5.11. The summed E-state index contributed by atoms with van der Waals surface area (Å²) in [7, 11) is 0. The molecule has 0 aliphatic carbocycles. The number of nitrogens with one attached hydrogen (secondary N) is 1. The number of thiazole rings is 1. The molecular formula is C24H19N3O2S. The first-order chi connectivity index (χ1) is 14.8. The highest BCUT2D eigenvalue weighted by Gasteiger charge is 2.15. The first kappa shape index (κ1) is 18.4. The molecule has 4 aromatic rings. The fraction of sp³-hybridized carbons (Fsp3) is 0.0833. The third kappa shape index (κ3) is 3.77. The molecule has 0 saturated heterocycles. The number of fused-ring (bicyclic) bond motifs is 1. The van der Waals surface area contributed by atoms with Crippen molar-refractivity contribution in [3.05, 3.63) is 83.9 Å². The van der Waals surface area contributed by atoms with Crippen molar-refractivity contribution in [1.82, 2.24) is 4.98 Å². The summed E-state index contributed by atoms with van der Waals surface area (Å²) in [6, 6.07) is 24.5. The Balaban J connectivity index is 1.43. The van der Waals surface area contributed by atoms with Gasteiger partial charge in [0.1, 0.15) is 0 Å². The average Bonchev–Trinajstić information content (AvgIpc) is 3.42. The lowest BCUT2D eigenvalue weighted by Gasteiger charge is -2.03. The van der Waals surface area contributed by atoms with Gasteiger partial charge in [-0.25, -0.2) is 4.98 Å². The Morgan fingerprint density at radius 2 is 1.73 bits per heavy atom. The average molecular weight is 414 g/mol. The molecule has 0 saturated carbocycles. The molecule has 5 rings (SSSR count). The minimum atomic E-state index is 0.261. The van der Waals surface area contributed by atoms with Gasteiger partial charge in [-0.2, -0.15) is 5.10 Å². The quantitative estimate of drug-likeness (QED) is 0.324. The van der Waals surface area contributed by atoms with E-state index in [4.69, 9.17) is 14.5 Å². The fourth-order valence-electron chi connectivity index (χ4n) is 3.22. The summed E-state index contributed by atoms with van der Waals surface area (Å²) >= 11 is 1.59. The van der Waals surface area contributed by atoms with Crippen LogP contribution >= 0.6 is 11.3 Å². The van der Waals surface area contributed by atoms with Gasteiger partial charge in [0.05, 0.1) is 16.8 Å². The molecule has 0 spiro atoms. The van der Waals surface area contributed by atoms with Crippen molar-refractivity contribution in [2.24, 2.45) is 5.10 Å². The van der Waals surface area contributed by atoms with Crippen LogP contribution in [0.5, 0.6) is 11.5 Å². The molecule has 1 aromatic heterocycles. The Morgan fingerprint density at radius 3 is 2.57 bits per heavy atom. The Morgan fingerprint density at radius 1 is 0.933 bits per heavy atom. The zero-order valence-electron chi connectivity index (χ0n) is 16.3. The van der Waals surface area contributed by atoms with Crippen LogP contribution in [0.25, 0.3) is 21.7 Å². The molecule has 30 heavy (non-hydrogen) atoms. The van der Waals surface area contributed by atoms with Crippen LogP contribution < -0.4 is 14.9 Å². The maximum atomic E-state index is 5.41. The molecule has 1 aliphatic heterocycles. The minimum absolute atomic E-state index is 0.261. The number of hydrogen-bond donors (Lipinski definition) is 1. The molecule has 0 unspecified atom stereocenters. The van der Waals surface area contributed by atoms with Crippen molar-refractivity contribution in [2.45, 2.75) is 6.92 Å². The van der Waals surface area contributed by atoms with Crippen LogP contribution in [0.1, 0.15) is 11.1 Å². The van der Waals surface area contributed by atoms with Crippen LogP contribution in [0.15, 0.2) is 77.9 Å². The summed E-state index contributed by atoms with van der Waals surface area (Å²) < 4.78 is 10.8.